The lowest BCUT2D eigenvalue weighted by atomic mass is 10.1. The molecule has 0 amide bonds. The summed E-state index contributed by atoms with van der Waals surface area (Å²) in [7, 11) is 0. The maximum Gasteiger partial charge on any atom is 0.165 e. The minimum Gasteiger partial charge on any atom is -0.505 e. The number of phenols is 1. The van der Waals surface area contributed by atoms with Gasteiger partial charge in [-0.3, -0.25) is 9.97 Å². The van der Waals surface area contributed by atoms with Crippen LogP contribution in [0.3, 0.4) is 0 Å². The number of rotatable bonds is 9. The molecule has 7 aromatic rings. The van der Waals surface area contributed by atoms with E-state index >= 15 is 0 Å². The second-order valence-electron chi connectivity index (χ2n) is 10.9. The molecule has 0 unspecified atom stereocenters. The Bertz CT molecular complexity index is 2080. The summed E-state index contributed by atoms with van der Waals surface area (Å²) in [5.41, 5.74) is 7.36. The van der Waals surface area contributed by atoms with E-state index in [4.69, 9.17) is 4.74 Å². The molecule has 0 spiro atoms. The van der Waals surface area contributed by atoms with E-state index in [0.29, 0.717) is 29.1 Å². The number of hydrogen-bond acceptors (Lipinski definition) is 6. The molecule has 7 rings (SSSR count). The molecule has 0 atom stereocenters. The van der Waals surface area contributed by atoms with Crippen molar-refractivity contribution in [2.45, 2.75) is 6.61 Å². The number of aromatic hydroxyl groups is 1. The maximum absolute atomic E-state index is 14.4. The standard InChI is InChI=1S/C24H19FN2O.C17H13FN2O/c25-22-15-19(11-14-24(22)28-17-18-7-3-1-4-8-18)23-13-12-21(16-26-23)27-20-9-5-2-6-10-20;18-15-10-12(6-9-17(15)21)16-8-7-14(11-19-16)20-13-4-2-1-3-5-13/h1-16,27H,17H2;1-11,20-21H. The zero-order valence-corrected chi connectivity index (χ0v) is 26.3. The second kappa shape index (κ2) is 15.8. The predicted octanol–water partition coefficient (Wildman–Crippen LogP) is 10.5. The van der Waals surface area contributed by atoms with Crippen LogP contribution < -0.4 is 15.4 Å². The minimum absolute atomic E-state index is 0.231. The summed E-state index contributed by atoms with van der Waals surface area (Å²) in [4.78, 5) is 8.74. The van der Waals surface area contributed by atoms with E-state index in [-0.39, 0.29) is 11.5 Å². The smallest absolute Gasteiger partial charge is 0.165 e. The van der Waals surface area contributed by atoms with Crippen molar-refractivity contribution in [3.8, 4) is 34.0 Å². The summed E-state index contributed by atoms with van der Waals surface area (Å²) in [6.07, 6.45) is 3.42. The highest BCUT2D eigenvalue weighted by atomic mass is 19.1. The van der Waals surface area contributed by atoms with Crippen LogP contribution in [0.1, 0.15) is 5.56 Å². The van der Waals surface area contributed by atoms with Crippen LogP contribution in [0, 0.1) is 11.6 Å². The summed E-state index contributed by atoms with van der Waals surface area (Å²) < 4.78 is 33.4. The van der Waals surface area contributed by atoms with Gasteiger partial charge in [0, 0.05) is 22.5 Å². The fourth-order valence-corrected chi connectivity index (χ4v) is 4.83. The first-order valence-electron chi connectivity index (χ1n) is 15.5. The highest BCUT2D eigenvalue weighted by Crippen LogP contribution is 2.27. The third-order valence-electron chi connectivity index (χ3n) is 7.36. The van der Waals surface area contributed by atoms with Crippen molar-refractivity contribution in [1.82, 2.24) is 9.97 Å². The normalized spacial score (nSPS) is 10.4. The number of ether oxygens (including phenoxy) is 1. The van der Waals surface area contributed by atoms with Gasteiger partial charge < -0.3 is 20.5 Å². The Kier molecular flexibility index (Phi) is 10.5. The fourth-order valence-electron chi connectivity index (χ4n) is 4.83. The Hall–Kier alpha value is -6.54. The van der Waals surface area contributed by atoms with Crippen LogP contribution in [-0.4, -0.2) is 15.1 Å². The van der Waals surface area contributed by atoms with Crippen LogP contribution >= 0.6 is 0 Å². The number of nitrogens with one attached hydrogen (secondary N) is 2. The summed E-state index contributed by atoms with van der Waals surface area (Å²) in [5.74, 6) is -1.18. The summed E-state index contributed by atoms with van der Waals surface area (Å²) >= 11 is 0. The van der Waals surface area contributed by atoms with Crippen molar-refractivity contribution in [2.75, 3.05) is 10.6 Å². The monoisotopic (exact) mass is 650 g/mol. The number of phenolic OH excluding ortho intramolecular Hbond substituents is 1. The Morgan fingerprint density at radius 3 is 1.47 bits per heavy atom. The molecule has 0 aliphatic heterocycles. The Morgan fingerprint density at radius 2 is 1.00 bits per heavy atom. The number of benzene rings is 5. The molecule has 0 saturated heterocycles. The molecule has 0 radical (unpaired) electrons. The molecule has 0 saturated carbocycles. The first-order valence-corrected chi connectivity index (χ1v) is 15.5. The average molecular weight is 651 g/mol. The Morgan fingerprint density at radius 1 is 0.510 bits per heavy atom. The van der Waals surface area contributed by atoms with Crippen molar-refractivity contribution in [1.29, 1.82) is 0 Å². The van der Waals surface area contributed by atoms with Gasteiger partial charge in [-0.25, -0.2) is 8.78 Å². The van der Waals surface area contributed by atoms with Crippen LogP contribution in [0.5, 0.6) is 11.5 Å². The quantitative estimate of drug-likeness (QED) is 0.144. The minimum atomic E-state index is -0.652. The Balaban J connectivity index is 0.000000177. The zero-order valence-electron chi connectivity index (χ0n) is 26.3. The van der Waals surface area contributed by atoms with Crippen LogP contribution in [-0.2, 0) is 6.61 Å². The first kappa shape index (κ1) is 32.4. The van der Waals surface area contributed by atoms with E-state index < -0.39 is 11.6 Å². The van der Waals surface area contributed by atoms with Gasteiger partial charge >= 0.3 is 0 Å². The third-order valence-corrected chi connectivity index (χ3v) is 7.36. The predicted molar refractivity (Wildman–Crippen MR) is 191 cm³/mol. The molecule has 242 valence electrons. The molecule has 0 bridgehead atoms. The van der Waals surface area contributed by atoms with Gasteiger partial charge in [-0.2, -0.15) is 0 Å². The molecular formula is C41H32F2N4O2. The van der Waals surface area contributed by atoms with Gasteiger partial charge in [-0.1, -0.05) is 66.7 Å². The van der Waals surface area contributed by atoms with Crippen molar-refractivity contribution in [3.63, 3.8) is 0 Å². The van der Waals surface area contributed by atoms with Crippen LogP contribution in [0.25, 0.3) is 22.5 Å². The van der Waals surface area contributed by atoms with Gasteiger partial charge in [-0.05, 0) is 90.5 Å². The molecular weight excluding hydrogens is 618 g/mol. The number of halogens is 2. The largest absolute Gasteiger partial charge is 0.505 e. The lowest BCUT2D eigenvalue weighted by Crippen LogP contribution is -1.97. The van der Waals surface area contributed by atoms with Crippen LogP contribution in [0.2, 0.25) is 0 Å². The topological polar surface area (TPSA) is 79.3 Å². The van der Waals surface area contributed by atoms with Crippen molar-refractivity contribution in [2.24, 2.45) is 0 Å². The number of anilines is 4. The summed E-state index contributed by atoms with van der Waals surface area (Å²) in [6, 6.07) is 45.9. The first-order chi connectivity index (χ1) is 24.0. The van der Waals surface area contributed by atoms with Gasteiger partial charge in [0.25, 0.3) is 0 Å². The summed E-state index contributed by atoms with van der Waals surface area (Å²) in [6.45, 7) is 0.329. The molecule has 49 heavy (non-hydrogen) atoms. The van der Waals surface area contributed by atoms with E-state index in [1.54, 1.807) is 30.6 Å². The lowest BCUT2D eigenvalue weighted by Gasteiger charge is -2.10. The highest BCUT2D eigenvalue weighted by molar-refractivity contribution is 5.66. The van der Waals surface area contributed by atoms with Crippen molar-refractivity contribution in [3.05, 3.63) is 181 Å². The van der Waals surface area contributed by atoms with Gasteiger partial charge in [0.2, 0.25) is 0 Å². The molecule has 6 nitrogen and oxygen atoms in total. The van der Waals surface area contributed by atoms with Gasteiger partial charge in [0.05, 0.1) is 35.2 Å². The van der Waals surface area contributed by atoms with E-state index in [1.807, 2.05) is 115 Å². The van der Waals surface area contributed by atoms with Crippen LogP contribution in [0.15, 0.2) is 164 Å². The van der Waals surface area contributed by atoms with E-state index in [0.717, 1.165) is 28.3 Å². The van der Waals surface area contributed by atoms with E-state index in [1.165, 1.54) is 18.2 Å². The van der Waals surface area contributed by atoms with Crippen molar-refractivity contribution >= 4 is 22.7 Å². The molecule has 0 aliphatic carbocycles. The van der Waals surface area contributed by atoms with Crippen molar-refractivity contribution < 1.29 is 18.6 Å². The zero-order chi connectivity index (χ0) is 33.8. The third kappa shape index (κ3) is 9.05. The highest BCUT2D eigenvalue weighted by Gasteiger charge is 2.09. The van der Waals surface area contributed by atoms with Crippen LogP contribution in [0.4, 0.5) is 31.5 Å². The molecule has 0 aliphatic rings. The SMILES string of the molecule is Fc1cc(-c2ccc(Nc3ccccc3)cn2)ccc1OCc1ccccc1.Oc1ccc(-c2ccc(Nc3ccccc3)cn2)cc1F. The van der Waals surface area contributed by atoms with Gasteiger partial charge in [-0.15, -0.1) is 0 Å². The number of pyridine rings is 2. The maximum atomic E-state index is 14.4. The molecule has 5 aromatic carbocycles. The van der Waals surface area contributed by atoms with Gasteiger partial charge in [0.1, 0.15) is 6.61 Å². The fraction of sp³-hybridized carbons (Fsp3) is 0.0244. The van der Waals surface area contributed by atoms with E-state index in [2.05, 4.69) is 20.6 Å². The molecule has 8 heteroatoms. The Labute approximate surface area is 283 Å². The second-order valence-corrected chi connectivity index (χ2v) is 10.9. The van der Waals surface area contributed by atoms with E-state index in [9.17, 15) is 13.9 Å². The van der Waals surface area contributed by atoms with Gasteiger partial charge in [0.15, 0.2) is 23.1 Å². The number of para-hydroxylation sites is 2. The summed E-state index contributed by atoms with van der Waals surface area (Å²) in [5, 5.41) is 15.7. The molecule has 0 fully saturated rings. The number of nitrogens with zero attached hydrogens (tertiary/aromatic N) is 2. The number of hydrogen-bond donors (Lipinski definition) is 3. The average Bonchev–Trinajstić information content (AvgIpc) is 3.14. The lowest BCUT2D eigenvalue weighted by molar-refractivity contribution is 0.290. The molecule has 2 heterocycles. The molecule has 2 aromatic heterocycles. The number of aromatic nitrogens is 2. The molecule has 3 N–H and O–H groups in total.